The van der Waals surface area contributed by atoms with Gasteiger partial charge in [0, 0.05) is 12.8 Å². The average molecular weight is 987 g/mol. The molecule has 0 aromatic heterocycles. The largest absolute Gasteiger partial charge is 0.466 e. The highest BCUT2D eigenvalue weighted by atomic mass is 16.5. The number of unbranched alkanes of at least 4 members (excludes halogenated alkanes) is 46. The summed E-state index contributed by atoms with van der Waals surface area (Å²) < 4.78 is 5.47. The number of nitrogens with one attached hydrogen (secondary N) is 1. The zero-order valence-corrected chi connectivity index (χ0v) is 47.3. The van der Waals surface area contributed by atoms with E-state index in [2.05, 4.69) is 31.3 Å². The van der Waals surface area contributed by atoms with Gasteiger partial charge in [-0.05, 0) is 57.8 Å². The minimum atomic E-state index is -0.849. The Morgan fingerprint density at radius 3 is 1.03 bits per heavy atom. The lowest BCUT2D eigenvalue weighted by Crippen LogP contribution is -2.45. The summed E-state index contributed by atoms with van der Waals surface area (Å²) in [5, 5.41) is 23.2. The minimum absolute atomic E-state index is 0.00415. The second-order valence-electron chi connectivity index (χ2n) is 21.7. The average Bonchev–Trinajstić information content (AvgIpc) is 3.36. The predicted molar refractivity (Wildman–Crippen MR) is 306 cm³/mol. The molecule has 70 heavy (non-hydrogen) atoms. The van der Waals surface area contributed by atoms with Crippen molar-refractivity contribution in [2.75, 3.05) is 13.2 Å². The Balaban J connectivity index is 3.45. The fraction of sp³-hybridized carbons (Fsp3) is 0.906. The predicted octanol–water partition coefficient (Wildman–Crippen LogP) is 19.8. The van der Waals surface area contributed by atoms with Gasteiger partial charge in [-0.1, -0.05) is 301 Å². The van der Waals surface area contributed by atoms with Crippen molar-refractivity contribution in [3.8, 4) is 0 Å². The maximum atomic E-state index is 12.5. The van der Waals surface area contributed by atoms with Gasteiger partial charge in [-0.25, -0.2) is 0 Å². The number of hydrogen-bond acceptors (Lipinski definition) is 5. The number of aliphatic hydroxyl groups excluding tert-OH is 2. The molecule has 0 radical (unpaired) electrons. The molecule has 3 N–H and O–H groups in total. The van der Waals surface area contributed by atoms with Crippen LogP contribution in [0.5, 0.6) is 0 Å². The lowest BCUT2D eigenvalue weighted by Gasteiger charge is -2.20. The Morgan fingerprint density at radius 2 is 0.671 bits per heavy atom. The van der Waals surface area contributed by atoms with E-state index >= 15 is 0 Å². The molecule has 0 saturated heterocycles. The number of aliphatic hydroxyl groups is 2. The molecule has 0 fully saturated rings. The van der Waals surface area contributed by atoms with Gasteiger partial charge in [0.25, 0.3) is 0 Å². The maximum absolute atomic E-state index is 12.5. The fourth-order valence-corrected chi connectivity index (χ4v) is 9.87. The minimum Gasteiger partial charge on any atom is -0.466 e. The van der Waals surface area contributed by atoms with Crippen molar-refractivity contribution in [3.63, 3.8) is 0 Å². The lowest BCUT2D eigenvalue weighted by molar-refractivity contribution is -0.143. The third-order valence-corrected chi connectivity index (χ3v) is 14.7. The number of carbonyl (C=O) groups is 2. The molecule has 0 spiro atoms. The third-order valence-electron chi connectivity index (χ3n) is 14.7. The second kappa shape index (κ2) is 59.9. The van der Waals surface area contributed by atoms with E-state index < -0.39 is 12.1 Å². The van der Waals surface area contributed by atoms with Gasteiger partial charge < -0.3 is 20.3 Å². The van der Waals surface area contributed by atoms with Gasteiger partial charge >= 0.3 is 5.97 Å². The van der Waals surface area contributed by atoms with Crippen molar-refractivity contribution in [1.29, 1.82) is 0 Å². The molecule has 0 bridgehead atoms. The summed E-state index contributed by atoms with van der Waals surface area (Å²) in [5.41, 5.74) is 0. The monoisotopic (exact) mass is 986 g/mol. The zero-order chi connectivity index (χ0) is 50.7. The lowest BCUT2D eigenvalue weighted by atomic mass is 10.0. The van der Waals surface area contributed by atoms with Crippen molar-refractivity contribution in [3.05, 3.63) is 24.3 Å². The summed E-state index contributed by atoms with van der Waals surface area (Å²) in [6.45, 7) is 4.90. The molecule has 0 heterocycles. The number of allylic oxidation sites excluding steroid dienone is 3. The molecule has 0 aliphatic rings. The Bertz CT molecular complexity index is 1090. The van der Waals surface area contributed by atoms with Crippen molar-refractivity contribution in [1.82, 2.24) is 5.32 Å². The number of rotatable bonds is 59. The molecule has 0 aromatic rings. The Morgan fingerprint density at radius 1 is 0.386 bits per heavy atom. The van der Waals surface area contributed by atoms with Crippen molar-refractivity contribution < 1.29 is 24.5 Å². The standard InChI is InChI=1S/C64H123NO5/c1-3-5-7-9-11-13-15-17-18-19-20-21-22-23-24-26-29-33-36-40-44-48-52-56-62(67)61(60-66)65-63(68)57-53-49-45-41-37-34-30-27-25-28-31-35-39-43-47-51-55-59-70-64(69)58-54-50-46-42-38-32-16-14-12-10-8-6-4-2/h14,16,52,56,61-62,66-67H,3-13,15,17-51,53-55,57-60H2,1-2H3,(H,65,68)/b16-14-,56-52+. The summed E-state index contributed by atoms with van der Waals surface area (Å²) in [6.07, 6.45) is 73.6. The van der Waals surface area contributed by atoms with Gasteiger partial charge in [-0.2, -0.15) is 0 Å². The van der Waals surface area contributed by atoms with E-state index in [1.54, 1.807) is 6.08 Å². The molecule has 6 heteroatoms. The first-order valence-corrected chi connectivity index (χ1v) is 31.6. The summed E-state index contributed by atoms with van der Waals surface area (Å²) in [5.74, 6) is -0.0741. The molecule has 0 aliphatic heterocycles. The maximum Gasteiger partial charge on any atom is 0.305 e. The van der Waals surface area contributed by atoms with Gasteiger partial charge in [0.2, 0.25) is 5.91 Å². The number of ether oxygens (including phenoxy) is 1. The number of hydrogen-bond donors (Lipinski definition) is 3. The summed E-state index contributed by atoms with van der Waals surface area (Å²) >= 11 is 0. The van der Waals surface area contributed by atoms with Crippen LogP contribution in [0.3, 0.4) is 0 Å². The van der Waals surface area contributed by atoms with E-state index in [0.717, 1.165) is 44.9 Å². The smallest absolute Gasteiger partial charge is 0.305 e. The quantitative estimate of drug-likeness (QED) is 0.0321. The van der Waals surface area contributed by atoms with Crippen molar-refractivity contribution in [2.24, 2.45) is 0 Å². The Kier molecular flexibility index (Phi) is 58.5. The Labute approximate surface area is 437 Å². The molecular weight excluding hydrogens is 863 g/mol. The van der Waals surface area contributed by atoms with Gasteiger partial charge in [0.05, 0.1) is 25.4 Å². The molecule has 1 amide bonds. The third kappa shape index (κ3) is 55.7. The second-order valence-corrected chi connectivity index (χ2v) is 21.7. The topological polar surface area (TPSA) is 95.9 Å². The molecule has 6 nitrogen and oxygen atoms in total. The first-order valence-electron chi connectivity index (χ1n) is 31.6. The van der Waals surface area contributed by atoms with Crippen LogP contribution in [-0.2, 0) is 14.3 Å². The van der Waals surface area contributed by atoms with E-state index in [0.29, 0.717) is 19.4 Å². The molecule has 2 atom stereocenters. The fourth-order valence-electron chi connectivity index (χ4n) is 9.87. The highest BCUT2D eigenvalue weighted by molar-refractivity contribution is 5.76. The van der Waals surface area contributed by atoms with E-state index in [9.17, 15) is 19.8 Å². The highest BCUT2D eigenvalue weighted by Crippen LogP contribution is 2.18. The van der Waals surface area contributed by atoms with E-state index in [4.69, 9.17) is 4.74 Å². The Hall–Kier alpha value is -1.66. The summed E-state index contributed by atoms with van der Waals surface area (Å²) in [7, 11) is 0. The van der Waals surface area contributed by atoms with Crippen molar-refractivity contribution >= 4 is 11.9 Å². The first-order chi connectivity index (χ1) is 34.5. The number of amides is 1. The van der Waals surface area contributed by atoms with Crippen LogP contribution in [0.25, 0.3) is 0 Å². The molecule has 0 rings (SSSR count). The normalized spacial score (nSPS) is 12.7. The molecule has 414 valence electrons. The van der Waals surface area contributed by atoms with Gasteiger partial charge in [-0.3, -0.25) is 9.59 Å². The number of esters is 1. The van der Waals surface area contributed by atoms with Crippen LogP contribution in [-0.4, -0.2) is 47.4 Å². The van der Waals surface area contributed by atoms with Crippen LogP contribution in [0.4, 0.5) is 0 Å². The van der Waals surface area contributed by atoms with Crippen LogP contribution in [0, 0.1) is 0 Å². The summed E-state index contributed by atoms with van der Waals surface area (Å²) in [4.78, 5) is 24.5. The van der Waals surface area contributed by atoms with Crippen LogP contribution >= 0.6 is 0 Å². The van der Waals surface area contributed by atoms with Gasteiger partial charge in [0.15, 0.2) is 0 Å². The van der Waals surface area contributed by atoms with Crippen LogP contribution < -0.4 is 5.32 Å². The van der Waals surface area contributed by atoms with Gasteiger partial charge in [0.1, 0.15) is 0 Å². The SMILES string of the molecule is CCCCCC/C=C\CCCCCCCC(=O)OCCCCCCCCCCCCCCCCCCCC(=O)NC(CO)C(O)/C=C/CCCCCCCCCCCCCCCCCCCCCCC. The molecule has 2 unspecified atom stereocenters. The van der Waals surface area contributed by atoms with Crippen LogP contribution in [0.2, 0.25) is 0 Å². The van der Waals surface area contributed by atoms with Crippen LogP contribution in [0.1, 0.15) is 348 Å². The molecule has 0 aliphatic carbocycles. The van der Waals surface area contributed by atoms with E-state index in [1.165, 1.54) is 276 Å². The molecule has 0 saturated carbocycles. The van der Waals surface area contributed by atoms with Crippen molar-refractivity contribution in [2.45, 2.75) is 360 Å². The zero-order valence-electron chi connectivity index (χ0n) is 47.3. The molecule has 0 aromatic carbocycles. The van der Waals surface area contributed by atoms with Gasteiger partial charge in [-0.15, -0.1) is 0 Å². The van der Waals surface area contributed by atoms with Crippen LogP contribution in [0.15, 0.2) is 24.3 Å². The van der Waals surface area contributed by atoms with E-state index in [1.807, 2.05) is 6.08 Å². The number of carbonyl (C=O) groups excluding carboxylic acids is 2. The molecular formula is C64H123NO5. The summed E-state index contributed by atoms with van der Waals surface area (Å²) in [6, 6.07) is -0.633. The van der Waals surface area contributed by atoms with E-state index in [-0.39, 0.29) is 18.5 Å². The first kappa shape index (κ1) is 68.3. The highest BCUT2D eigenvalue weighted by Gasteiger charge is 2.18.